The third-order valence-electron chi connectivity index (χ3n) is 1.69. The molecule has 0 spiro atoms. The highest BCUT2D eigenvalue weighted by molar-refractivity contribution is 5.43. The fourth-order valence-corrected chi connectivity index (χ4v) is 1.13. The standard InChI is InChI=1S/C9H9F3O2/c1-2-6-7(13)4-3-5-8(6)14-9(10,11)12/h3-5,13H,2H2,1H3. The minimum absolute atomic E-state index is 0.157. The Morgan fingerprint density at radius 3 is 2.50 bits per heavy atom. The molecule has 5 heteroatoms. The van der Waals surface area contributed by atoms with Crippen molar-refractivity contribution in [2.45, 2.75) is 19.7 Å². The first kappa shape index (κ1) is 10.7. The van der Waals surface area contributed by atoms with Crippen LogP contribution in [0.15, 0.2) is 18.2 Å². The Morgan fingerprint density at radius 1 is 1.36 bits per heavy atom. The SMILES string of the molecule is CCc1c(O)cccc1OC(F)(F)F. The van der Waals surface area contributed by atoms with Gasteiger partial charge < -0.3 is 9.84 Å². The lowest BCUT2D eigenvalue weighted by Crippen LogP contribution is -2.18. The van der Waals surface area contributed by atoms with E-state index >= 15 is 0 Å². The maximum absolute atomic E-state index is 11.9. The lowest BCUT2D eigenvalue weighted by molar-refractivity contribution is -0.274. The molecule has 14 heavy (non-hydrogen) atoms. The first-order valence-corrected chi connectivity index (χ1v) is 4.00. The van der Waals surface area contributed by atoms with Crippen molar-refractivity contribution in [1.82, 2.24) is 0 Å². The van der Waals surface area contributed by atoms with Crippen molar-refractivity contribution in [3.05, 3.63) is 23.8 Å². The average Bonchev–Trinajstić information content (AvgIpc) is 2.01. The monoisotopic (exact) mass is 206 g/mol. The molecule has 0 amide bonds. The van der Waals surface area contributed by atoms with E-state index in [-0.39, 0.29) is 23.5 Å². The molecule has 0 aromatic heterocycles. The highest BCUT2D eigenvalue weighted by Gasteiger charge is 2.32. The van der Waals surface area contributed by atoms with Crippen LogP contribution in [-0.2, 0) is 6.42 Å². The van der Waals surface area contributed by atoms with E-state index in [1.807, 2.05) is 0 Å². The van der Waals surface area contributed by atoms with E-state index in [1.165, 1.54) is 18.2 Å². The highest BCUT2D eigenvalue weighted by atomic mass is 19.4. The van der Waals surface area contributed by atoms with E-state index in [9.17, 15) is 18.3 Å². The number of alkyl halides is 3. The number of phenolic OH excluding ortho intramolecular Hbond substituents is 1. The summed E-state index contributed by atoms with van der Waals surface area (Å²) in [7, 11) is 0. The number of phenols is 1. The first-order chi connectivity index (χ1) is 6.44. The van der Waals surface area contributed by atoms with E-state index in [1.54, 1.807) is 6.92 Å². The Kier molecular flexibility index (Phi) is 2.88. The molecule has 0 aliphatic rings. The van der Waals surface area contributed by atoms with E-state index in [4.69, 9.17) is 0 Å². The summed E-state index contributed by atoms with van der Waals surface area (Å²) < 4.78 is 39.4. The Labute approximate surface area is 78.9 Å². The maximum atomic E-state index is 11.9. The van der Waals surface area contributed by atoms with Crippen LogP contribution >= 0.6 is 0 Å². The van der Waals surface area contributed by atoms with E-state index in [0.717, 1.165) is 0 Å². The molecule has 1 N–H and O–H groups in total. The van der Waals surface area contributed by atoms with Crippen LogP contribution in [0.4, 0.5) is 13.2 Å². The van der Waals surface area contributed by atoms with Gasteiger partial charge in [-0.3, -0.25) is 0 Å². The van der Waals surface area contributed by atoms with Crippen molar-refractivity contribution in [3.8, 4) is 11.5 Å². The van der Waals surface area contributed by atoms with Gasteiger partial charge in [0.1, 0.15) is 11.5 Å². The zero-order chi connectivity index (χ0) is 10.8. The third-order valence-corrected chi connectivity index (χ3v) is 1.69. The van der Waals surface area contributed by atoms with Gasteiger partial charge in [-0.25, -0.2) is 0 Å². The van der Waals surface area contributed by atoms with Gasteiger partial charge in [0, 0.05) is 5.56 Å². The summed E-state index contributed by atoms with van der Waals surface area (Å²) in [6.07, 6.45) is -4.45. The Hall–Kier alpha value is -1.39. The molecule has 0 bridgehead atoms. The minimum atomic E-state index is -4.72. The number of halogens is 3. The molecule has 1 aromatic rings. The average molecular weight is 206 g/mol. The summed E-state index contributed by atoms with van der Waals surface area (Å²) in [6, 6.07) is 3.80. The minimum Gasteiger partial charge on any atom is -0.508 e. The van der Waals surface area contributed by atoms with Crippen LogP contribution < -0.4 is 4.74 Å². The first-order valence-electron chi connectivity index (χ1n) is 4.00. The van der Waals surface area contributed by atoms with Gasteiger partial charge in [0.25, 0.3) is 0 Å². The zero-order valence-corrected chi connectivity index (χ0v) is 7.43. The van der Waals surface area contributed by atoms with E-state index < -0.39 is 6.36 Å². The molecule has 0 heterocycles. The molecule has 0 saturated carbocycles. The molecule has 0 radical (unpaired) electrons. The largest absolute Gasteiger partial charge is 0.573 e. The van der Waals surface area contributed by atoms with Crippen LogP contribution in [0.5, 0.6) is 11.5 Å². The summed E-state index contributed by atoms with van der Waals surface area (Å²) in [4.78, 5) is 0. The van der Waals surface area contributed by atoms with Crippen molar-refractivity contribution in [1.29, 1.82) is 0 Å². The molecule has 78 valence electrons. The molecular formula is C9H9F3O2. The van der Waals surface area contributed by atoms with Gasteiger partial charge in [-0.15, -0.1) is 13.2 Å². The second-order valence-corrected chi connectivity index (χ2v) is 2.66. The summed E-state index contributed by atoms with van der Waals surface area (Å²) in [5.74, 6) is -0.533. The van der Waals surface area contributed by atoms with Gasteiger partial charge in [-0.1, -0.05) is 13.0 Å². The normalized spacial score (nSPS) is 11.4. The molecule has 0 aliphatic heterocycles. The van der Waals surface area contributed by atoms with Gasteiger partial charge in [0.05, 0.1) is 0 Å². The smallest absolute Gasteiger partial charge is 0.508 e. The van der Waals surface area contributed by atoms with Gasteiger partial charge >= 0.3 is 6.36 Å². The number of aromatic hydroxyl groups is 1. The number of benzene rings is 1. The van der Waals surface area contributed by atoms with Crippen LogP contribution in [0.2, 0.25) is 0 Å². The van der Waals surface area contributed by atoms with Crippen molar-refractivity contribution in [2.75, 3.05) is 0 Å². The Bertz CT molecular complexity index is 320. The van der Waals surface area contributed by atoms with Crippen LogP contribution in [0, 0.1) is 0 Å². The topological polar surface area (TPSA) is 29.5 Å². The van der Waals surface area contributed by atoms with E-state index in [0.29, 0.717) is 0 Å². The fourth-order valence-electron chi connectivity index (χ4n) is 1.13. The molecule has 0 atom stereocenters. The summed E-state index contributed by atoms with van der Waals surface area (Å²) in [5.41, 5.74) is 0.157. The van der Waals surface area contributed by atoms with Crippen molar-refractivity contribution >= 4 is 0 Å². The lowest BCUT2D eigenvalue weighted by atomic mass is 10.1. The van der Waals surface area contributed by atoms with Crippen LogP contribution in [-0.4, -0.2) is 11.5 Å². The number of ether oxygens (including phenoxy) is 1. The van der Waals surface area contributed by atoms with Gasteiger partial charge in [0.15, 0.2) is 0 Å². The highest BCUT2D eigenvalue weighted by Crippen LogP contribution is 2.31. The fraction of sp³-hybridized carbons (Fsp3) is 0.333. The lowest BCUT2D eigenvalue weighted by Gasteiger charge is -2.12. The Balaban J connectivity index is 3.02. The van der Waals surface area contributed by atoms with Crippen molar-refractivity contribution in [3.63, 3.8) is 0 Å². The second kappa shape index (κ2) is 3.77. The molecule has 0 fully saturated rings. The molecule has 0 saturated heterocycles. The quantitative estimate of drug-likeness (QED) is 0.806. The van der Waals surface area contributed by atoms with Crippen LogP contribution in [0.3, 0.4) is 0 Å². The van der Waals surface area contributed by atoms with Gasteiger partial charge in [-0.2, -0.15) is 0 Å². The zero-order valence-electron chi connectivity index (χ0n) is 7.43. The van der Waals surface area contributed by atoms with Crippen molar-refractivity contribution < 1.29 is 23.0 Å². The van der Waals surface area contributed by atoms with E-state index in [2.05, 4.69) is 4.74 Å². The summed E-state index contributed by atoms with van der Waals surface area (Å²) in [6.45, 7) is 1.64. The molecule has 1 aromatic carbocycles. The predicted molar refractivity (Wildman–Crippen MR) is 44.2 cm³/mol. The molecule has 1 rings (SSSR count). The number of hydrogen-bond donors (Lipinski definition) is 1. The number of rotatable bonds is 2. The van der Waals surface area contributed by atoms with Crippen LogP contribution in [0.25, 0.3) is 0 Å². The molecule has 0 unspecified atom stereocenters. The second-order valence-electron chi connectivity index (χ2n) is 2.66. The van der Waals surface area contributed by atoms with Gasteiger partial charge in [0.2, 0.25) is 0 Å². The summed E-state index contributed by atoms with van der Waals surface area (Å²) >= 11 is 0. The number of hydrogen-bond acceptors (Lipinski definition) is 2. The maximum Gasteiger partial charge on any atom is 0.573 e. The van der Waals surface area contributed by atoms with Crippen LogP contribution in [0.1, 0.15) is 12.5 Å². The summed E-state index contributed by atoms with van der Waals surface area (Å²) in [5, 5.41) is 9.24. The molecular weight excluding hydrogens is 197 g/mol. The predicted octanol–water partition coefficient (Wildman–Crippen LogP) is 2.85. The Morgan fingerprint density at radius 2 is 2.00 bits per heavy atom. The third kappa shape index (κ3) is 2.55. The molecule has 0 aliphatic carbocycles. The van der Waals surface area contributed by atoms with Crippen molar-refractivity contribution in [2.24, 2.45) is 0 Å². The molecule has 2 nitrogen and oxygen atoms in total. The van der Waals surface area contributed by atoms with Gasteiger partial charge in [-0.05, 0) is 18.6 Å².